The number of hydrogen-bond donors (Lipinski definition) is 1. The minimum atomic E-state index is -0.363. The third kappa shape index (κ3) is 2.66. The van der Waals surface area contributed by atoms with Crippen LogP contribution in [0.1, 0.15) is 12.3 Å². The highest BCUT2D eigenvalue weighted by atomic mass is 32.1. The van der Waals surface area contributed by atoms with E-state index in [4.69, 9.17) is 9.63 Å². The van der Waals surface area contributed by atoms with Gasteiger partial charge in [-0.05, 0) is 11.4 Å². The molecular formula is C12H13N3O3S. The van der Waals surface area contributed by atoms with E-state index in [2.05, 4.69) is 10.1 Å². The topological polar surface area (TPSA) is 79.5 Å². The molecular weight excluding hydrogens is 266 g/mol. The van der Waals surface area contributed by atoms with Gasteiger partial charge in [-0.3, -0.25) is 4.79 Å². The smallest absolute Gasteiger partial charge is 0.227 e. The number of β-amino-alcohol motifs (C(OH)–C–C–N with tert-alkyl or cyclic N) is 1. The molecule has 0 atom stereocenters. The SMILES string of the molecule is O=C(CCc1nc(-c2ccsc2)no1)N1CC(O)C1. The summed E-state index contributed by atoms with van der Waals surface area (Å²) in [6, 6.07) is 1.92. The largest absolute Gasteiger partial charge is 0.389 e. The van der Waals surface area contributed by atoms with E-state index in [-0.39, 0.29) is 12.0 Å². The van der Waals surface area contributed by atoms with Crippen molar-refractivity contribution in [2.24, 2.45) is 0 Å². The average Bonchev–Trinajstić information content (AvgIpc) is 3.01. The third-order valence-corrected chi connectivity index (χ3v) is 3.70. The molecule has 2 aromatic rings. The fourth-order valence-corrected chi connectivity index (χ4v) is 2.53. The van der Waals surface area contributed by atoms with Crippen LogP contribution in [0.5, 0.6) is 0 Å². The number of thiophene rings is 1. The Morgan fingerprint density at radius 2 is 2.42 bits per heavy atom. The Bertz CT molecular complexity index is 561. The lowest BCUT2D eigenvalue weighted by Crippen LogP contribution is -2.53. The lowest BCUT2D eigenvalue weighted by molar-refractivity contribution is -0.141. The number of carbonyl (C=O) groups excluding carboxylic acids is 1. The van der Waals surface area contributed by atoms with E-state index in [0.29, 0.717) is 37.6 Å². The molecule has 0 saturated carbocycles. The summed E-state index contributed by atoms with van der Waals surface area (Å²) >= 11 is 1.57. The molecule has 0 radical (unpaired) electrons. The van der Waals surface area contributed by atoms with Gasteiger partial charge < -0.3 is 14.5 Å². The first-order valence-electron chi connectivity index (χ1n) is 6.03. The van der Waals surface area contributed by atoms with Crippen molar-refractivity contribution in [2.75, 3.05) is 13.1 Å². The van der Waals surface area contributed by atoms with E-state index < -0.39 is 0 Å². The second-order valence-electron chi connectivity index (χ2n) is 4.48. The molecule has 19 heavy (non-hydrogen) atoms. The van der Waals surface area contributed by atoms with Crippen molar-refractivity contribution in [3.05, 3.63) is 22.7 Å². The normalized spacial score (nSPS) is 15.5. The van der Waals surface area contributed by atoms with Gasteiger partial charge in [0.05, 0.1) is 6.10 Å². The Balaban J connectivity index is 1.55. The number of rotatable bonds is 4. The van der Waals surface area contributed by atoms with Crippen molar-refractivity contribution in [3.8, 4) is 11.4 Å². The molecule has 7 heteroatoms. The molecule has 1 amide bonds. The molecule has 3 rings (SSSR count). The maximum atomic E-state index is 11.7. The van der Waals surface area contributed by atoms with Crippen molar-refractivity contribution in [3.63, 3.8) is 0 Å². The second-order valence-corrected chi connectivity index (χ2v) is 5.26. The molecule has 100 valence electrons. The molecule has 0 unspecified atom stereocenters. The minimum Gasteiger partial charge on any atom is -0.389 e. The van der Waals surface area contributed by atoms with Crippen molar-refractivity contribution < 1.29 is 14.4 Å². The van der Waals surface area contributed by atoms with E-state index >= 15 is 0 Å². The number of nitrogens with zero attached hydrogens (tertiary/aromatic N) is 3. The zero-order valence-electron chi connectivity index (χ0n) is 10.2. The first kappa shape index (κ1) is 12.3. The maximum Gasteiger partial charge on any atom is 0.227 e. The van der Waals surface area contributed by atoms with E-state index in [1.807, 2.05) is 16.8 Å². The zero-order chi connectivity index (χ0) is 13.2. The number of carbonyl (C=O) groups is 1. The Kier molecular flexibility index (Phi) is 3.31. The number of aromatic nitrogens is 2. The van der Waals surface area contributed by atoms with Gasteiger partial charge in [0.1, 0.15) is 0 Å². The Morgan fingerprint density at radius 3 is 3.11 bits per heavy atom. The fraction of sp³-hybridized carbons (Fsp3) is 0.417. The van der Waals surface area contributed by atoms with Gasteiger partial charge in [0.15, 0.2) is 0 Å². The molecule has 2 aromatic heterocycles. The number of aliphatic hydroxyl groups excluding tert-OH is 1. The molecule has 1 aliphatic heterocycles. The summed E-state index contributed by atoms with van der Waals surface area (Å²) in [5.41, 5.74) is 0.928. The van der Waals surface area contributed by atoms with E-state index in [9.17, 15) is 4.79 Å². The first-order valence-corrected chi connectivity index (χ1v) is 6.97. The van der Waals surface area contributed by atoms with Crippen LogP contribution < -0.4 is 0 Å². The molecule has 1 fully saturated rings. The van der Waals surface area contributed by atoms with Crippen LogP contribution in [0, 0.1) is 0 Å². The van der Waals surface area contributed by atoms with Gasteiger partial charge in [-0.1, -0.05) is 5.16 Å². The van der Waals surface area contributed by atoms with Gasteiger partial charge in [-0.25, -0.2) is 0 Å². The minimum absolute atomic E-state index is 0.0144. The summed E-state index contributed by atoms with van der Waals surface area (Å²) in [6.45, 7) is 0.867. The molecule has 0 spiro atoms. The van der Waals surface area contributed by atoms with Gasteiger partial charge in [0, 0.05) is 36.9 Å². The van der Waals surface area contributed by atoms with Crippen LogP contribution in [0.4, 0.5) is 0 Å². The molecule has 0 aliphatic carbocycles. The molecule has 0 bridgehead atoms. The number of aliphatic hydroxyl groups is 1. The summed E-state index contributed by atoms with van der Waals surface area (Å²) in [5, 5.41) is 16.9. The monoisotopic (exact) mass is 279 g/mol. The Labute approximate surface area is 113 Å². The van der Waals surface area contributed by atoms with Gasteiger partial charge >= 0.3 is 0 Å². The van der Waals surface area contributed by atoms with Crippen molar-refractivity contribution in [2.45, 2.75) is 18.9 Å². The summed E-state index contributed by atoms with van der Waals surface area (Å²) in [6.07, 6.45) is 0.401. The van der Waals surface area contributed by atoms with Crippen LogP contribution in [0.3, 0.4) is 0 Å². The zero-order valence-corrected chi connectivity index (χ0v) is 11.0. The Morgan fingerprint density at radius 1 is 1.58 bits per heavy atom. The predicted octanol–water partition coefficient (Wildman–Crippen LogP) is 0.934. The van der Waals surface area contributed by atoms with Crippen LogP contribution in [0.25, 0.3) is 11.4 Å². The van der Waals surface area contributed by atoms with Gasteiger partial charge in [-0.15, -0.1) is 0 Å². The average molecular weight is 279 g/mol. The highest BCUT2D eigenvalue weighted by molar-refractivity contribution is 7.08. The van der Waals surface area contributed by atoms with Crippen LogP contribution in [-0.4, -0.2) is 45.2 Å². The number of likely N-dealkylation sites (tertiary alicyclic amines) is 1. The summed E-state index contributed by atoms with van der Waals surface area (Å²) < 4.78 is 5.11. The molecule has 0 aromatic carbocycles. The predicted molar refractivity (Wildman–Crippen MR) is 68.5 cm³/mol. The van der Waals surface area contributed by atoms with Gasteiger partial charge in [0.2, 0.25) is 17.6 Å². The highest BCUT2D eigenvalue weighted by Crippen LogP contribution is 2.19. The van der Waals surface area contributed by atoms with Crippen molar-refractivity contribution >= 4 is 17.2 Å². The summed E-state index contributed by atoms with van der Waals surface area (Å²) in [7, 11) is 0. The van der Waals surface area contributed by atoms with Crippen LogP contribution in [0.15, 0.2) is 21.3 Å². The highest BCUT2D eigenvalue weighted by Gasteiger charge is 2.28. The third-order valence-electron chi connectivity index (χ3n) is 3.02. The van der Waals surface area contributed by atoms with Gasteiger partial charge in [0.25, 0.3) is 0 Å². The molecule has 6 nitrogen and oxygen atoms in total. The van der Waals surface area contributed by atoms with Crippen molar-refractivity contribution in [1.29, 1.82) is 0 Å². The first-order chi connectivity index (χ1) is 9.22. The fourth-order valence-electron chi connectivity index (χ4n) is 1.90. The van der Waals surface area contributed by atoms with E-state index in [0.717, 1.165) is 5.56 Å². The summed E-state index contributed by atoms with van der Waals surface area (Å²) in [4.78, 5) is 17.6. The Hall–Kier alpha value is -1.73. The number of amides is 1. The lowest BCUT2D eigenvalue weighted by atomic mass is 10.1. The molecule has 1 N–H and O–H groups in total. The molecule has 1 aliphatic rings. The maximum absolute atomic E-state index is 11.7. The van der Waals surface area contributed by atoms with E-state index in [1.165, 1.54) is 0 Å². The second kappa shape index (κ2) is 5.10. The van der Waals surface area contributed by atoms with Crippen LogP contribution in [-0.2, 0) is 11.2 Å². The van der Waals surface area contributed by atoms with Crippen molar-refractivity contribution in [1.82, 2.24) is 15.0 Å². The van der Waals surface area contributed by atoms with Gasteiger partial charge in [-0.2, -0.15) is 16.3 Å². The lowest BCUT2D eigenvalue weighted by Gasteiger charge is -2.35. The van der Waals surface area contributed by atoms with E-state index in [1.54, 1.807) is 16.2 Å². The van der Waals surface area contributed by atoms with Crippen LogP contribution >= 0.6 is 11.3 Å². The summed E-state index contributed by atoms with van der Waals surface area (Å²) in [5.74, 6) is 1.04. The quantitative estimate of drug-likeness (QED) is 0.900. The molecule has 3 heterocycles. The molecule has 1 saturated heterocycles. The van der Waals surface area contributed by atoms with Crippen LogP contribution in [0.2, 0.25) is 0 Å². The standard InChI is InChI=1S/C12H13N3O3S/c16-9-5-15(6-9)11(17)2-1-10-13-12(14-18-10)8-3-4-19-7-8/h3-4,7,9,16H,1-2,5-6H2. The number of aryl methyl sites for hydroxylation is 1. The number of hydrogen-bond acceptors (Lipinski definition) is 6.